The molecule has 1 heterocycles. The number of hydrogen-bond acceptors (Lipinski definition) is 2. The van der Waals surface area contributed by atoms with E-state index in [0.29, 0.717) is 12.0 Å². The molecular formula is C14H15F2NS. The van der Waals surface area contributed by atoms with E-state index in [-0.39, 0.29) is 6.04 Å². The van der Waals surface area contributed by atoms with Crippen molar-refractivity contribution >= 4 is 11.3 Å². The van der Waals surface area contributed by atoms with E-state index in [1.54, 1.807) is 17.4 Å². The number of aryl methyl sites for hydroxylation is 1. The first-order chi connectivity index (χ1) is 8.60. The molecule has 0 amide bonds. The second-order valence-electron chi connectivity index (χ2n) is 4.22. The van der Waals surface area contributed by atoms with E-state index in [2.05, 4.69) is 13.0 Å². The van der Waals surface area contributed by atoms with Crippen molar-refractivity contribution in [3.05, 3.63) is 57.3 Å². The highest BCUT2D eigenvalue weighted by molar-refractivity contribution is 7.12. The van der Waals surface area contributed by atoms with Crippen LogP contribution in [0.25, 0.3) is 0 Å². The van der Waals surface area contributed by atoms with Crippen molar-refractivity contribution in [2.24, 2.45) is 5.73 Å². The fourth-order valence-electron chi connectivity index (χ4n) is 1.80. The summed E-state index contributed by atoms with van der Waals surface area (Å²) in [6.07, 6.45) is 1.50. The molecule has 0 fully saturated rings. The second kappa shape index (κ2) is 5.59. The molecule has 1 atom stereocenters. The Labute approximate surface area is 109 Å². The van der Waals surface area contributed by atoms with Crippen LogP contribution in [0, 0.1) is 11.6 Å². The molecule has 0 spiro atoms. The molecule has 18 heavy (non-hydrogen) atoms. The molecule has 4 heteroatoms. The molecule has 0 radical (unpaired) electrons. The normalized spacial score (nSPS) is 12.7. The van der Waals surface area contributed by atoms with E-state index >= 15 is 0 Å². The van der Waals surface area contributed by atoms with Crippen LogP contribution in [0.5, 0.6) is 0 Å². The average Bonchev–Trinajstić information content (AvgIpc) is 2.82. The van der Waals surface area contributed by atoms with Gasteiger partial charge in [0.05, 0.1) is 0 Å². The maximum Gasteiger partial charge on any atom is 0.159 e. The molecule has 1 unspecified atom stereocenters. The predicted octanol–water partition coefficient (Wildman–Crippen LogP) is 3.83. The smallest absolute Gasteiger partial charge is 0.159 e. The Bertz CT molecular complexity index is 536. The van der Waals surface area contributed by atoms with Crippen molar-refractivity contribution in [2.45, 2.75) is 25.8 Å². The van der Waals surface area contributed by atoms with Crippen LogP contribution in [0.15, 0.2) is 30.3 Å². The van der Waals surface area contributed by atoms with E-state index in [9.17, 15) is 8.78 Å². The van der Waals surface area contributed by atoms with Gasteiger partial charge >= 0.3 is 0 Å². The van der Waals surface area contributed by atoms with E-state index in [1.165, 1.54) is 10.9 Å². The standard InChI is InChI=1S/C14H15F2NS/c1-2-10-4-6-14(18-10)13(17)8-9-3-5-11(15)12(16)7-9/h3-7,13H,2,8,17H2,1H3. The van der Waals surface area contributed by atoms with Crippen LogP contribution in [0.3, 0.4) is 0 Å². The van der Waals surface area contributed by atoms with Crippen molar-refractivity contribution < 1.29 is 8.78 Å². The Morgan fingerprint density at radius 1 is 1.17 bits per heavy atom. The van der Waals surface area contributed by atoms with E-state index in [1.807, 2.05) is 6.07 Å². The Kier molecular flexibility index (Phi) is 4.09. The molecule has 2 N–H and O–H groups in total. The molecule has 0 aliphatic rings. The monoisotopic (exact) mass is 267 g/mol. The maximum absolute atomic E-state index is 13.1. The van der Waals surface area contributed by atoms with E-state index < -0.39 is 11.6 Å². The van der Waals surface area contributed by atoms with E-state index in [4.69, 9.17) is 5.73 Å². The van der Waals surface area contributed by atoms with Crippen LogP contribution in [-0.2, 0) is 12.8 Å². The SMILES string of the molecule is CCc1ccc(C(N)Cc2ccc(F)c(F)c2)s1. The van der Waals surface area contributed by atoms with Crippen LogP contribution in [0.2, 0.25) is 0 Å². The lowest BCUT2D eigenvalue weighted by Crippen LogP contribution is -2.12. The first-order valence-corrected chi connectivity index (χ1v) is 6.70. The quantitative estimate of drug-likeness (QED) is 0.895. The lowest BCUT2D eigenvalue weighted by molar-refractivity contribution is 0.506. The van der Waals surface area contributed by atoms with Gasteiger partial charge in [-0.15, -0.1) is 11.3 Å². The average molecular weight is 267 g/mol. The minimum absolute atomic E-state index is 0.167. The van der Waals surface area contributed by atoms with Gasteiger partial charge in [-0.05, 0) is 42.7 Å². The second-order valence-corrected chi connectivity index (χ2v) is 5.42. The summed E-state index contributed by atoms with van der Waals surface area (Å²) in [5.41, 5.74) is 6.79. The molecule has 1 aromatic heterocycles. The van der Waals surface area contributed by atoms with Gasteiger partial charge in [-0.2, -0.15) is 0 Å². The predicted molar refractivity (Wildman–Crippen MR) is 70.7 cm³/mol. The third-order valence-electron chi connectivity index (χ3n) is 2.84. The summed E-state index contributed by atoms with van der Waals surface area (Å²) >= 11 is 1.67. The molecule has 0 aliphatic carbocycles. The molecular weight excluding hydrogens is 252 g/mol. The van der Waals surface area contributed by atoms with Crippen molar-refractivity contribution in [3.63, 3.8) is 0 Å². The number of nitrogens with two attached hydrogens (primary N) is 1. The molecule has 0 saturated carbocycles. The topological polar surface area (TPSA) is 26.0 Å². The van der Waals surface area contributed by atoms with Gasteiger partial charge in [-0.3, -0.25) is 0 Å². The number of hydrogen-bond donors (Lipinski definition) is 1. The molecule has 96 valence electrons. The van der Waals surface area contributed by atoms with Gasteiger partial charge in [-0.1, -0.05) is 13.0 Å². The Morgan fingerprint density at radius 3 is 2.56 bits per heavy atom. The van der Waals surface area contributed by atoms with E-state index in [0.717, 1.165) is 17.4 Å². The Morgan fingerprint density at radius 2 is 1.94 bits per heavy atom. The summed E-state index contributed by atoms with van der Waals surface area (Å²) in [4.78, 5) is 2.36. The van der Waals surface area contributed by atoms with Crippen LogP contribution >= 0.6 is 11.3 Å². The number of benzene rings is 1. The largest absolute Gasteiger partial charge is 0.323 e. The Balaban J connectivity index is 2.10. The van der Waals surface area contributed by atoms with Crippen molar-refractivity contribution in [1.29, 1.82) is 0 Å². The lowest BCUT2D eigenvalue weighted by Gasteiger charge is -2.09. The Hall–Kier alpha value is -1.26. The van der Waals surface area contributed by atoms with Gasteiger partial charge in [0.2, 0.25) is 0 Å². The van der Waals surface area contributed by atoms with Crippen molar-refractivity contribution in [3.8, 4) is 0 Å². The zero-order valence-electron chi connectivity index (χ0n) is 10.1. The van der Waals surface area contributed by atoms with Gasteiger partial charge in [0.15, 0.2) is 11.6 Å². The summed E-state index contributed by atoms with van der Waals surface area (Å²) in [6, 6.07) is 7.83. The third kappa shape index (κ3) is 2.94. The fourth-order valence-corrected chi connectivity index (χ4v) is 2.76. The van der Waals surface area contributed by atoms with Gasteiger partial charge in [-0.25, -0.2) is 8.78 Å². The summed E-state index contributed by atoms with van der Waals surface area (Å²) in [7, 11) is 0. The van der Waals surface area contributed by atoms with Gasteiger partial charge < -0.3 is 5.73 Å². The summed E-state index contributed by atoms with van der Waals surface area (Å²) in [6.45, 7) is 2.09. The molecule has 1 aromatic carbocycles. The number of halogens is 2. The summed E-state index contributed by atoms with van der Waals surface area (Å²) in [5.74, 6) is -1.64. The van der Waals surface area contributed by atoms with Gasteiger partial charge in [0.25, 0.3) is 0 Å². The summed E-state index contributed by atoms with van der Waals surface area (Å²) in [5, 5.41) is 0. The van der Waals surface area contributed by atoms with Gasteiger partial charge in [0.1, 0.15) is 0 Å². The number of thiophene rings is 1. The molecule has 2 aromatic rings. The fraction of sp³-hybridized carbons (Fsp3) is 0.286. The van der Waals surface area contributed by atoms with Crippen LogP contribution in [0.4, 0.5) is 8.78 Å². The lowest BCUT2D eigenvalue weighted by atomic mass is 10.1. The zero-order valence-corrected chi connectivity index (χ0v) is 10.9. The summed E-state index contributed by atoms with van der Waals surface area (Å²) < 4.78 is 25.9. The minimum Gasteiger partial charge on any atom is -0.323 e. The van der Waals surface area contributed by atoms with Crippen LogP contribution in [0.1, 0.15) is 28.3 Å². The molecule has 0 saturated heterocycles. The highest BCUT2D eigenvalue weighted by atomic mass is 32.1. The van der Waals surface area contributed by atoms with Crippen LogP contribution < -0.4 is 5.73 Å². The first kappa shape index (κ1) is 13.2. The first-order valence-electron chi connectivity index (χ1n) is 5.88. The molecule has 0 bridgehead atoms. The molecule has 1 nitrogen and oxygen atoms in total. The maximum atomic E-state index is 13.1. The van der Waals surface area contributed by atoms with Crippen LogP contribution in [-0.4, -0.2) is 0 Å². The minimum atomic E-state index is -0.822. The molecule has 2 rings (SSSR count). The van der Waals surface area contributed by atoms with Gasteiger partial charge in [0, 0.05) is 15.8 Å². The highest BCUT2D eigenvalue weighted by Crippen LogP contribution is 2.25. The zero-order chi connectivity index (χ0) is 13.1. The highest BCUT2D eigenvalue weighted by Gasteiger charge is 2.11. The molecule has 0 aliphatic heterocycles. The van der Waals surface area contributed by atoms with Crippen molar-refractivity contribution in [2.75, 3.05) is 0 Å². The number of rotatable bonds is 4. The van der Waals surface area contributed by atoms with Crippen molar-refractivity contribution in [1.82, 2.24) is 0 Å². The third-order valence-corrected chi connectivity index (χ3v) is 4.20.